The fraction of sp³-hybridized carbons (Fsp3) is 0.235. The highest BCUT2D eigenvalue weighted by atomic mass is 32.2. The third kappa shape index (κ3) is 5.78. The van der Waals surface area contributed by atoms with Gasteiger partial charge in [0.15, 0.2) is 0 Å². The molecule has 146 valence electrons. The monoisotopic (exact) mass is 402 g/mol. The largest absolute Gasteiger partial charge is 0.416 e. The lowest BCUT2D eigenvalue weighted by molar-refractivity contribution is -0.137. The molecule has 0 fully saturated rings. The normalized spacial score (nSPS) is 12.0. The lowest BCUT2D eigenvalue weighted by atomic mass is 10.1. The fourth-order valence-corrected chi connectivity index (χ4v) is 3.11. The van der Waals surface area contributed by atoms with E-state index in [0.717, 1.165) is 24.3 Å². The molecule has 2 N–H and O–H groups in total. The van der Waals surface area contributed by atoms with E-state index in [1.54, 1.807) is 0 Å². The van der Waals surface area contributed by atoms with Gasteiger partial charge in [-0.1, -0.05) is 0 Å². The minimum atomic E-state index is -4.48. The van der Waals surface area contributed by atoms with Crippen LogP contribution in [0.3, 0.4) is 0 Å². The molecule has 0 radical (unpaired) electrons. The quantitative estimate of drug-likeness (QED) is 0.698. The van der Waals surface area contributed by atoms with E-state index < -0.39 is 27.7 Å². The molecule has 0 aliphatic heterocycles. The Morgan fingerprint density at radius 3 is 2.15 bits per heavy atom. The van der Waals surface area contributed by atoms with Gasteiger partial charge < -0.3 is 10.1 Å². The average molecular weight is 402 g/mol. The third-order valence-corrected chi connectivity index (χ3v) is 4.97. The van der Waals surface area contributed by atoms with Crippen molar-refractivity contribution < 1.29 is 31.1 Å². The minimum Gasteiger partial charge on any atom is -0.383 e. The number of benzene rings is 2. The Hall–Kier alpha value is -2.43. The van der Waals surface area contributed by atoms with Crippen molar-refractivity contribution in [3.05, 3.63) is 59.7 Å². The Morgan fingerprint density at radius 1 is 1.04 bits per heavy atom. The van der Waals surface area contributed by atoms with Crippen LogP contribution in [0.2, 0.25) is 0 Å². The summed E-state index contributed by atoms with van der Waals surface area (Å²) in [7, 11) is -2.25. The molecule has 0 atom stereocenters. The topological polar surface area (TPSA) is 84.5 Å². The van der Waals surface area contributed by atoms with Gasteiger partial charge in [-0.2, -0.15) is 13.2 Å². The van der Waals surface area contributed by atoms with Crippen molar-refractivity contribution in [1.82, 2.24) is 4.72 Å². The van der Waals surface area contributed by atoms with Crippen LogP contribution in [0.25, 0.3) is 0 Å². The summed E-state index contributed by atoms with van der Waals surface area (Å²) < 4.78 is 68.8. The van der Waals surface area contributed by atoms with Crippen LogP contribution in [0.5, 0.6) is 0 Å². The van der Waals surface area contributed by atoms with Crippen LogP contribution in [0.1, 0.15) is 15.9 Å². The van der Waals surface area contributed by atoms with E-state index in [2.05, 4.69) is 10.0 Å². The van der Waals surface area contributed by atoms with E-state index in [4.69, 9.17) is 4.74 Å². The number of carbonyl (C=O) groups excluding carboxylic acids is 1. The SMILES string of the molecule is COCCNS(=O)(=O)c1ccc(NC(=O)c2ccc(C(F)(F)F)cc2)cc1. The molecule has 0 aliphatic carbocycles. The molecule has 0 aliphatic rings. The molecule has 6 nitrogen and oxygen atoms in total. The Kier molecular flexibility index (Phi) is 6.58. The molecule has 2 aromatic rings. The molecule has 0 unspecified atom stereocenters. The van der Waals surface area contributed by atoms with Gasteiger partial charge in [-0.3, -0.25) is 4.79 Å². The zero-order valence-corrected chi connectivity index (χ0v) is 15.0. The maximum absolute atomic E-state index is 12.5. The summed E-state index contributed by atoms with van der Waals surface area (Å²) in [5, 5.41) is 2.49. The second-order valence-electron chi connectivity index (χ2n) is 5.44. The number of hydrogen-bond donors (Lipinski definition) is 2. The van der Waals surface area contributed by atoms with Crippen LogP contribution in [0, 0.1) is 0 Å². The Morgan fingerprint density at radius 2 is 1.63 bits per heavy atom. The first-order valence-electron chi connectivity index (χ1n) is 7.71. The van der Waals surface area contributed by atoms with Crippen LogP contribution in [0.15, 0.2) is 53.4 Å². The van der Waals surface area contributed by atoms with Gasteiger partial charge in [0.2, 0.25) is 10.0 Å². The van der Waals surface area contributed by atoms with Gasteiger partial charge in [-0.25, -0.2) is 13.1 Å². The van der Waals surface area contributed by atoms with Crippen molar-refractivity contribution in [3.8, 4) is 0 Å². The summed E-state index contributed by atoms with van der Waals surface area (Å²) >= 11 is 0. The standard InChI is InChI=1S/C17H17F3N2O4S/c1-26-11-10-21-27(24,25)15-8-6-14(7-9-15)22-16(23)12-2-4-13(5-3-12)17(18,19)20/h2-9,21H,10-11H2,1H3,(H,22,23). The number of rotatable bonds is 7. The van der Waals surface area contributed by atoms with Crippen LogP contribution in [-0.4, -0.2) is 34.6 Å². The number of amides is 1. The summed E-state index contributed by atoms with van der Waals surface area (Å²) in [6.07, 6.45) is -4.48. The lowest BCUT2D eigenvalue weighted by Crippen LogP contribution is -2.27. The Bertz CT molecular complexity index is 880. The van der Waals surface area contributed by atoms with Crippen molar-refractivity contribution in [2.24, 2.45) is 0 Å². The molecule has 0 saturated heterocycles. The summed E-state index contributed by atoms with van der Waals surface area (Å²) in [4.78, 5) is 12.1. The first kappa shape index (κ1) is 20.9. The number of anilines is 1. The fourth-order valence-electron chi connectivity index (χ4n) is 2.09. The van der Waals surface area contributed by atoms with Crippen molar-refractivity contribution >= 4 is 21.6 Å². The predicted octanol–water partition coefficient (Wildman–Crippen LogP) is 2.88. The zero-order valence-electron chi connectivity index (χ0n) is 14.2. The van der Waals surface area contributed by atoms with E-state index in [1.165, 1.54) is 31.4 Å². The molecule has 2 rings (SSSR count). The average Bonchev–Trinajstić information content (AvgIpc) is 2.61. The van der Waals surface area contributed by atoms with Crippen molar-refractivity contribution in [2.75, 3.05) is 25.6 Å². The van der Waals surface area contributed by atoms with Gasteiger partial charge >= 0.3 is 6.18 Å². The summed E-state index contributed by atoms with van der Waals surface area (Å²) in [6.45, 7) is 0.339. The molecule has 1 amide bonds. The van der Waals surface area contributed by atoms with Crippen LogP contribution < -0.4 is 10.0 Å². The molecule has 10 heteroatoms. The highest BCUT2D eigenvalue weighted by Crippen LogP contribution is 2.29. The summed E-state index contributed by atoms with van der Waals surface area (Å²) in [6, 6.07) is 9.13. The molecule has 0 spiro atoms. The van der Waals surface area contributed by atoms with Gasteiger partial charge in [0.1, 0.15) is 0 Å². The summed E-state index contributed by atoms with van der Waals surface area (Å²) in [5.41, 5.74) is -0.508. The van der Waals surface area contributed by atoms with E-state index >= 15 is 0 Å². The predicted molar refractivity (Wildman–Crippen MR) is 92.9 cm³/mol. The van der Waals surface area contributed by atoms with Crippen molar-refractivity contribution in [3.63, 3.8) is 0 Å². The third-order valence-electron chi connectivity index (χ3n) is 3.50. The van der Waals surface area contributed by atoms with E-state index in [0.29, 0.717) is 5.69 Å². The number of alkyl halides is 3. The van der Waals surface area contributed by atoms with Crippen LogP contribution in [0.4, 0.5) is 18.9 Å². The number of halogens is 3. The molecule has 27 heavy (non-hydrogen) atoms. The first-order chi connectivity index (χ1) is 12.6. The van der Waals surface area contributed by atoms with Crippen LogP contribution >= 0.6 is 0 Å². The molecule has 2 aromatic carbocycles. The zero-order chi connectivity index (χ0) is 20.1. The number of methoxy groups -OCH3 is 1. The Balaban J connectivity index is 2.04. The number of nitrogens with one attached hydrogen (secondary N) is 2. The molecule has 0 aromatic heterocycles. The van der Waals surface area contributed by atoms with Gasteiger partial charge in [-0.15, -0.1) is 0 Å². The van der Waals surface area contributed by atoms with Gasteiger partial charge in [0.05, 0.1) is 17.1 Å². The highest BCUT2D eigenvalue weighted by molar-refractivity contribution is 7.89. The number of ether oxygens (including phenoxy) is 1. The molecule has 0 bridgehead atoms. The molecular formula is C17H17F3N2O4S. The van der Waals surface area contributed by atoms with Gasteiger partial charge in [-0.05, 0) is 48.5 Å². The second kappa shape index (κ2) is 8.51. The molecular weight excluding hydrogens is 385 g/mol. The maximum atomic E-state index is 12.5. The lowest BCUT2D eigenvalue weighted by Gasteiger charge is -2.09. The number of sulfonamides is 1. The number of hydrogen-bond acceptors (Lipinski definition) is 4. The smallest absolute Gasteiger partial charge is 0.383 e. The minimum absolute atomic E-state index is 0.00568. The van der Waals surface area contributed by atoms with E-state index in [1.807, 2.05) is 0 Å². The molecule has 0 heterocycles. The van der Waals surface area contributed by atoms with Crippen LogP contribution in [-0.2, 0) is 20.9 Å². The first-order valence-corrected chi connectivity index (χ1v) is 9.19. The van der Waals surface area contributed by atoms with Crippen molar-refractivity contribution in [2.45, 2.75) is 11.1 Å². The maximum Gasteiger partial charge on any atom is 0.416 e. The second-order valence-corrected chi connectivity index (χ2v) is 7.21. The summed E-state index contributed by atoms with van der Waals surface area (Å²) in [5.74, 6) is -0.613. The van der Waals surface area contributed by atoms with E-state index in [9.17, 15) is 26.4 Å². The molecule has 0 saturated carbocycles. The van der Waals surface area contributed by atoms with E-state index in [-0.39, 0.29) is 23.6 Å². The Labute approximate surface area is 154 Å². The van der Waals surface area contributed by atoms with Crippen molar-refractivity contribution in [1.29, 1.82) is 0 Å². The number of carbonyl (C=O) groups is 1. The van der Waals surface area contributed by atoms with Gasteiger partial charge in [0, 0.05) is 24.9 Å². The van der Waals surface area contributed by atoms with Gasteiger partial charge in [0.25, 0.3) is 5.91 Å². The highest BCUT2D eigenvalue weighted by Gasteiger charge is 2.30.